The molecule has 0 saturated carbocycles. The summed E-state index contributed by atoms with van der Waals surface area (Å²) < 4.78 is 1.03. The minimum absolute atomic E-state index is 1.03. The predicted molar refractivity (Wildman–Crippen MR) is 44.5 cm³/mol. The van der Waals surface area contributed by atoms with Gasteiger partial charge in [0.1, 0.15) is 3.74 Å². The summed E-state index contributed by atoms with van der Waals surface area (Å²) in [5.74, 6) is 0. The fraction of sp³-hybridized carbons (Fsp3) is 0. The molecule has 1 heterocycles. The highest BCUT2D eigenvalue weighted by atomic mass is 79.9. The van der Waals surface area contributed by atoms with E-state index in [1.165, 1.54) is 4.88 Å². The first-order valence-electron chi connectivity index (χ1n) is 2.02. The summed E-state index contributed by atoms with van der Waals surface area (Å²) in [5, 5.41) is 2.04. The van der Waals surface area contributed by atoms with E-state index in [0.717, 1.165) is 3.74 Å². The SMILES string of the molecule is Br[C](Br)c1cccs1. The molecule has 0 aliphatic carbocycles. The van der Waals surface area contributed by atoms with Crippen LogP contribution >= 0.6 is 43.2 Å². The van der Waals surface area contributed by atoms with Crippen LogP contribution in [-0.2, 0) is 0 Å². The van der Waals surface area contributed by atoms with E-state index in [1.54, 1.807) is 11.3 Å². The molecule has 0 aromatic carbocycles. The Balaban J connectivity index is 2.77. The summed E-state index contributed by atoms with van der Waals surface area (Å²) in [7, 11) is 0. The van der Waals surface area contributed by atoms with Crippen LogP contribution in [0.25, 0.3) is 0 Å². The van der Waals surface area contributed by atoms with E-state index in [-0.39, 0.29) is 0 Å². The minimum atomic E-state index is 1.03. The first-order chi connectivity index (χ1) is 3.80. The lowest BCUT2D eigenvalue weighted by Crippen LogP contribution is -1.67. The third-order valence-corrected chi connectivity index (χ3v) is 2.97. The smallest absolute Gasteiger partial charge is 0.144 e. The van der Waals surface area contributed by atoms with Crippen molar-refractivity contribution in [3.05, 3.63) is 26.1 Å². The summed E-state index contributed by atoms with van der Waals surface area (Å²) in [6.45, 7) is 0. The molecule has 1 aromatic heterocycles. The van der Waals surface area contributed by atoms with E-state index in [9.17, 15) is 0 Å². The van der Waals surface area contributed by atoms with Crippen molar-refractivity contribution in [2.75, 3.05) is 0 Å². The number of thiophene rings is 1. The lowest BCUT2D eigenvalue weighted by molar-refractivity contribution is 1.83. The molecule has 3 heteroatoms. The van der Waals surface area contributed by atoms with Gasteiger partial charge in [-0.05, 0) is 11.4 Å². The summed E-state index contributed by atoms with van der Waals surface area (Å²) in [6.07, 6.45) is 0. The van der Waals surface area contributed by atoms with Gasteiger partial charge in [0.2, 0.25) is 0 Å². The zero-order valence-corrected chi connectivity index (χ0v) is 7.88. The first-order valence-corrected chi connectivity index (χ1v) is 4.49. The minimum Gasteiger partial charge on any atom is -0.146 e. The van der Waals surface area contributed by atoms with Crippen LogP contribution < -0.4 is 0 Å². The van der Waals surface area contributed by atoms with Crippen LogP contribution in [0.4, 0.5) is 0 Å². The maximum atomic E-state index is 3.31. The monoisotopic (exact) mass is 253 g/mol. The second kappa shape index (κ2) is 2.99. The quantitative estimate of drug-likeness (QED) is 0.721. The molecule has 8 heavy (non-hydrogen) atoms. The molecule has 0 amide bonds. The highest BCUT2D eigenvalue weighted by molar-refractivity contribution is 9.27. The fourth-order valence-electron chi connectivity index (χ4n) is 0.386. The van der Waals surface area contributed by atoms with Gasteiger partial charge in [-0.2, -0.15) is 0 Å². The van der Waals surface area contributed by atoms with Gasteiger partial charge in [0.25, 0.3) is 0 Å². The lowest BCUT2D eigenvalue weighted by Gasteiger charge is -1.89. The van der Waals surface area contributed by atoms with E-state index in [4.69, 9.17) is 0 Å². The maximum Gasteiger partial charge on any atom is 0.144 e. The molecular formula is C5H3Br2S. The summed E-state index contributed by atoms with van der Waals surface area (Å²) in [5.41, 5.74) is 0. The van der Waals surface area contributed by atoms with Crippen molar-refractivity contribution in [1.82, 2.24) is 0 Å². The van der Waals surface area contributed by atoms with Crippen LogP contribution in [0.15, 0.2) is 17.5 Å². The molecule has 0 aliphatic heterocycles. The molecule has 0 saturated heterocycles. The van der Waals surface area contributed by atoms with Crippen molar-refractivity contribution in [3.63, 3.8) is 0 Å². The normalized spacial score (nSPS) is 10.4. The highest BCUT2D eigenvalue weighted by Gasteiger charge is 2.01. The van der Waals surface area contributed by atoms with Gasteiger partial charge < -0.3 is 0 Å². The van der Waals surface area contributed by atoms with Crippen molar-refractivity contribution in [3.8, 4) is 0 Å². The molecule has 0 unspecified atom stereocenters. The van der Waals surface area contributed by atoms with Gasteiger partial charge in [0.15, 0.2) is 0 Å². The molecular weight excluding hydrogens is 252 g/mol. The summed E-state index contributed by atoms with van der Waals surface area (Å²) >= 11 is 8.31. The van der Waals surface area contributed by atoms with Gasteiger partial charge in [-0.25, -0.2) is 0 Å². The number of hydrogen-bond acceptors (Lipinski definition) is 1. The van der Waals surface area contributed by atoms with Gasteiger partial charge in [-0.3, -0.25) is 0 Å². The van der Waals surface area contributed by atoms with Crippen LogP contribution in [0.5, 0.6) is 0 Å². The molecule has 1 aromatic rings. The molecule has 0 nitrogen and oxygen atoms in total. The average molecular weight is 255 g/mol. The predicted octanol–water partition coefficient (Wildman–Crippen LogP) is 3.38. The van der Waals surface area contributed by atoms with Crippen LogP contribution in [0.3, 0.4) is 0 Å². The maximum absolute atomic E-state index is 3.31. The van der Waals surface area contributed by atoms with Crippen LogP contribution in [-0.4, -0.2) is 0 Å². The number of halogens is 2. The van der Waals surface area contributed by atoms with Crippen LogP contribution in [0, 0.1) is 3.74 Å². The van der Waals surface area contributed by atoms with Crippen LogP contribution in [0.1, 0.15) is 4.88 Å². The van der Waals surface area contributed by atoms with E-state index in [2.05, 4.69) is 31.9 Å². The Morgan fingerprint density at radius 1 is 1.50 bits per heavy atom. The van der Waals surface area contributed by atoms with Gasteiger partial charge >= 0.3 is 0 Å². The zero-order valence-electron chi connectivity index (χ0n) is 3.90. The average Bonchev–Trinajstić information content (AvgIpc) is 2.12. The lowest BCUT2D eigenvalue weighted by atomic mass is 10.5. The fourth-order valence-corrected chi connectivity index (χ4v) is 1.76. The van der Waals surface area contributed by atoms with E-state index < -0.39 is 0 Å². The van der Waals surface area contributed by atoms with E-state index in [0.29, 0.717) is 0 Å². The molecule has 1 radical (unpaired) electrons. The summed E-state index contributed by atoms with van der Waals surface area (Å²) in [6, 6.07) is 4.06. The molecule has 0 spiro atoms. The van der Waals surface area contributed by atoms with Crippen molar-refractivity contribution in [2.24, 2.45) is 0 Å². The first kappa shape index (κ1) is 6.78. The Kier molecular flexibility index (Phi) is 2.53. The van der Waals surface area contributed by atoms with Gasteiger partial charge in [-0.15, -0.1) is 11.3 Å². The van der Waals surface area contributed by atoms with E-state index in [1.807, 2.05) is 17.5 Å². The largest absolute Gasteiger partial charge is 0.146 e. The Bertz CT molecular complexity index is 145. The summed E-state index contributed by atoms with van der Waals surface area (Å²) in [4.78, 5) is 1.23. The molecule has 0 aliphatic rings. The number of hydrogen-bond donors (Lipinski definition) is 0. The van der Waals surface area contributed by atoms with Crippen molar-refractivity contribution in [2.45, 2.75) is 0 Å². The standard InChI is InChI=1S/C5H3Br2S/c6-5(7)4-2-1-3-8-4/h1-3H. The van der Waals surface area contributed by atoms with Crippen LogP contribution in [0.2, 0.25) is 0 Å². The third-order valence-electron chi connectivity index (χ3n) is 0.707. The van der Waals surface area contributed by atoms with Gasteiger partial charge in [0.05, 0.1) is 0 Å². The molecule has 0 atom stereocenters. The highest BCUT2D eigenvalue weighted by Crippen LogP contribution is 2.30. The van der Waals surface area contributed by atoms with Crippen molar-refractivity contribution in [1.29, 1.82) is 0 Å². The molecule has 0 N–H and O–H groups in total. The molecule has 1 rings (SSSR count). The van der Waals surface area contributed by atoms with Gasteiger partial charge in [-0.1, -0.05) is 37.9 Å². The zero-order chi connectivity index (χ0) is 5.98. The van der Waals surface area contributed by atoms with Gasteiger partial charge in [0, 0.05) is 4.88 Å². The van der Waals surface area contributed by atoms with Crippen molar-refractivity contribution >= 4 is 43.2 Å². The Morgan fingerprint density at radius 3 is 2.50 bits per heavy atom. The Morgan fingerprint density at radius 2 is 2.25 bits per heavy atom. The van der Waals surface area contributed by atoms with Crippen molar-refractivity contribution < 1.29 is 0 Å². The Hall–Kier alpha value is 0.660. The second-order valence-electron chi connectivity index (χ2n) is 1.24. The second-order valence-corrected chi connectivity index (χ2v) is 4.84. The third kappa shape index (κ3) is 1.57. The topological polar surface area (TPSA) is 0 Å². The number of rotatable bonds is 1. The molecule has 43 valence electrons. The van der Waals surface area contributed by atoms with E-state index >= 15 is 0 Å². The molecule has 0 bridgehead atoms. The molecule has 0 fully saturated rings. The Labute approximate surface area is 69.2 Å².